The van der Waals surface area contributed by atoms with Crippen molar-refractivity contribution < 1.29 is 14.7 Å². The van der Waals surface area contributed by atoms with E-state index in [-0.39, 0.29) is 12.3 Å². The van der Waals surface area contributed by atoms with Crippen molar-refractivity contribution in [3.63, 3.8) is 0 Å². The molecule has 0 fully saturated rings. The fourth-order valence-electron chi connectivity index (χ4n) is 1.51. The molecule has 5 heteroatoms. The van der Waals surface area contributed by atoms with E-state index in [1.165, 1.54) is 0 Å². The Bertz CT molecular complexity index is 443. The van der Waals surface area contributed by atoms with Crippen LogP contribution in [0.1, 0.15) is 31.2 Å². The molecule has 1 rings (SSSR count). The number of halogens is 2. The predicted octanol–water partition coefficient (Wildman–Crippen LogP) is 3.53. The minimum atomic E-state index is -1.39. The van der Waals surface area contributed by atoms with Gasteiger partial charge in [0.2, 0.25) is 5.78 Å². The van der Waals surface area contributed by atoms with Gasteiger partial charge in [-0.1, -0.05) is 36.2 Å². The molecular weight excluding hydrogens is 263 g/mol. The fourth-order valence-corrected chi connectivity index (χ4v) is 2.11. The lowest BCUT2D eigenvalue weighted by Gasteiger charge is -2.12. The summed E-state index contributed by atoms with van der Waals surface area (Å²) < 4.78 is 0. The van der Waals surface area contributed by atoms with Gasteiger partial charge >= 0.3 is 5.97 Å². The molecule has 1 unspecified atom stereocenters. The maximum absolute atomic E-state index is 11.0. The maximum Gasteiger partial charge on any atom is 0.372 e. The van der Waals surface area contributed by atoms with Crippen molar-refractivity contribution in [2.24, 2.45) is 0 Å². The minimum Gasteiger partial charge on any atom is -0.476 e. The van der Waals surface area contributed by atoms with Crippen molar-refractivity contribution in [3.8, 4) is 0 Å². The number of rotatable bonds is 5. The lowest BCUT2D eigenvalue weighted by atomic mass is 9.95. The Hall–Kier alpha value is -1.06. The monoisotopic (exact) mass is 274 g/mol. The van der Waals surface area contributed by atoms with Crippen molar-refractivity contribution >= 4 is 35.0 Å². The average molecular weight is 275 g/mol. The molecule has 0 bridgehead atoms. The summed E-state index contributed by atoms with van der Waals surface area (Å²) in [6.07, 6.45) is 0.460. The molecule has 1 atom stereocenters. The van der Waals surface area contributed by atoms with E-state index < -0.39 is 11.8 Å². The summed E-state index contributed by atoms with van der Waals surface area (Å²) in [5.74, 6) is -2.15. The lowest BCUT2D eigenvalue weighted by molar-refractivity contribution is -0.149. The second-order valence-corrected chi connectivity index (χ2v) is 4.68. The van der Waals surface area contributed by atoms with Crippen LogP contribution in [0.5, 0.6) is 0 Å². The van der Waals surface area contributed by atoms with Crippen molar-refractivity contribution in [2.75, 3.05) is 0 Å². The van der Waals surface area contributed by atoms with Gasteiger partial charge < -0.3 is 5.11 Å². The SMILES string of the molecule is CC(CCC(=O)C(=O)O)c1ccc(Cl)cc1Cl. The Labute approximate surface area is 109 Å². The molecule has 3 nitrogen and oxygen atoms in total. The van der Waals surface area contributed by atoms with Crippen LogP contribution in [0, 0.1) is 0 Å². The van der Waals surface area contributed by atoms with Crippen molar-refractivity contribution in [3.05, 3.63) is 33.8 Å². The molecule has 1 aromatic carbocycles. The number of hydrogen-bond donors (Lipinski definition) is 1. The quantitative estimate of drug-likeness (QED) is 0.836. The minimum absolute atomic E-state index is 0.00938. The maximum atomic E-state index is 11.0. The van der Waals surface area contributed by atoms with Crippen LogP contribution in [-0.4, -0.2) is 16.9 Å². The second kappa shape index (κ2) is 6.03. The van der Waals surface area contributed by atoms with Crippen LogP contribution in [0.4, 0.5) is 0 Å². The van der Waals surface area contributed by atoms with Crippen molar-refractivity contribution in [1.82, 2.24) is 0 Å². The molecule has 0 radical (unpaired) electrons. The molecule has 0 aliphatic heterocycles. The largest absolute Gasteiger partial charge is 0.476 e. The van der Waals surface area contributed by atoms with Crippen molar-refractivity contribution in [2.45, 2.75) is 25.7 Å². The lowest BCUT2D eigenvalue weighted by Crippen LogP contribution is -2.13. The fraction of sp³-hybridized carbons (Fsp3) is 0.333. The zero-order chi connectivity index (χ0) is 13.0. The van der Waals surface area contributed by atoms with Gasteiger partial charge in [-0.05, 0) is 30.0 Å². The molecule has 0 aliphatic carbocycles. The molecular formula is C12H12Cl2O3. The summed E-state index contributed by atoms with van der Waals surface area (Å²) in [5, 5.41) is 9.55. The zero-order valence-electron chi connectivity index (χ0n) is 9.24. The second-order valence-electron chi connectivity index (χ2n) is 3.83. The normalized spacial score (nSPS) is 12.2. The van der Waals surface area contributed by atoms with E-state index in [1.807, 2.05) is 6.92 Å². The van der Waals surface area contributed by atoms with Gasteiger partial charge in [0.15, 0.2) is 0 Å². The third kappa shape index (κ3) is 4.02. The Kier molecular flexibility index (Phi) is 4.97. The third-order valence-corrected chi connectivity index (χ3v) is 3.10. The van der Waals surface area contributed by atoms with Crippen LogP contribution in [0.2, 0.25) is 10.0 Å². The van der Waals surface area contributed by atoms with Gasteiger partial charge in [0.05, 0.1) is 0 Å². The predicted molar refractivity (Wildman–Crippen MR) is 66.8 cm³/mol. The van der Waals surface area contributed by atoms with E-state index in [0.29, 0.717) is 16.5 Å². The van der Waals surface area contributed by atoms with Gasteiger partial charge in [-0.15, -0.1) is 0 Å². The van der Waals surface area contributed by atoms with Crippen LogP contribution in [0.15, 0.2) is 18.2 Å². The first kappa shape index (κ1) is 14.0. The summed E-state index contributed by atoms with van der Waals surface area (Å²) in [6.45, 7) is 1.89. The molecule has 0 spiro atoms. The molecule has 0 saturated carbocycles. The first-order valence-electron chi connectivity index (χ1n) is 5.13. The van der Waals surface area contributed by atoms with Crippen LogP contribution < -0.4 is 0 Å². The molecule has 92 valence electrons. The van der Waals surface area contributed by atoms with Crippen LogP contribution >= 0.6 is 23.2 Å². The summed E-state index contributed by atoms with van der Waals surface area (Å²) in [6, 6.07) is 5.15. The van der Waals surface area contributed by atoms with Crippen LogP contribution in [-0.2, 0) is 9.59 Å². The molecule has 0 heterocycles. The summed E-state index contributed by atoms with van der Waals surface area (Å²) in [7, 11) is 0. The Morgan fingerprint density at radius 3 is 2.53 bits per heavy atom. The molecule has 1 N–H and O–H groups in total. The Morgan fingerprint density at radius 2 is 2.00 bits per heavy atom. The van der Waals surface area contributed by atoms with Gasteiger partial charge in [0.1, 0.15) is 0 Å². The standard InChI is InChI=1S/C12H12Cl2O3/c1-7(2-5-11(15)12(16)17)9-4-3-8(13)6-10(9)14/h3-4,6-7H,2,5H2,1H3,(H,16,17). The topological polar surface area (TPSA) is 54.4 Å². The summed E-state index contributed by atoms with van der Waals surface area (Å²) in [4.78, 5) is 21.3. The number of carbonyl (C=O) groups is 2. The number of carbonyl (C=O) groups excluding carboxylic acids is 1. The van der Waals surface area contributed by atoms with Crippen LogP contribution in [0.3, 0.4) is 0 Å². The Balaban J connectivity index is 2.67. The number of ketones is 1. The Morgan fingerprint density at radius 1 is 1.35 bits per heavy atom. The third-order valence-electron chi connectivity index (χ3n) is 2.54. The van der Waals surface area contributed by atoms with Gasteiger partial charge in [-0.25, -0.2) is 4.79 Å². The summed E-state index contributed by atoms with van der Waals surface area (Å²) in [5.41, 5.74) is 0.870. The number of carboxylic acid groups (broad SMARTS) is 1. The molecule has 0 aromatic heterocycles. The smallest absolute Gasteiger partial charge is 0.372 e. The molecule has 0 amide bonds. The van der Waals surface area contributed by atoms with E-state index in [9.17, 15) is 9.59 Å². The van der Waals surface area contributed by atoms with E-state index in [2.05, 4.69) is 0 Å². The average Bonchev–Trinajstić information content (AvgIpc) is 2.25. The number of Topliss-reactive ketones (excluding diaryl/α,β-unsaturated/α-hetero) is 1. The van der Waals surface area contributed by atoms with E-state index in [0.717, 1.165) is 5.56 Å². The zero-order valence-corrected chi connectivity index (χ0v) is 10.8. The number of aliphatic carboxylic acids is 1. The number of hydrogen-bond acceptors (Lipinski definition) is 2. The van der Waals surface area contributed by atoms with E-state index >= 15 is 0 Å². The van der Waals surface area contributed by atoms with E-state index in [1.54, 1.807) is 18.2 Å². The number of benzene rings is 1. The first-order valence-corrected chi connectivity index (χ1v) is 5.88. The molecule has 1 aromatic rings. The highest BCUT2D eigenvalue weighted by molar-refractivity contribution is 6.35. The van der Waals surface area contributed by atoms with Gasteiger partial charge in [-0.3, -0.25) is 4.79 Å². The molecule has 0 saturated heterocycles. The van der Waals surface area contributed by atoms with Gasteiger partial charge in [0, 0.05) is 16.5 Å². The highest BCUT2D eigenvalue weighted by Crippen LogP contribution is 2.29. The molecule has 0 aliphatic rings. The highest BCUT2D eigenvalue weighted by atomic mass is 35.5. The summed E-state index contributed by atoms with van der Waals surface area (Å²) >= 11 is 11.8. The highest BCUT2D eigenvalue weighted by Gasteiger charge is 2.15. The van der Waals surface area contributed by atoms with Gasteiger partial charge in [0.25, 0.3) is 0 Å². The van der Waals surface area contributed by atoms with E-state index in [4.69, 9.17) is 28.3 Å². The van der Waals surface area contributed by atoms with Crippen LogP contribution in [0.25, 0.3) is 0 Å². The first-order chi connectivity index (χ1) is 7.91. The molecule has 17 heavy (non-hydrogen) atoms. The van der Waals surface area contributed by atoms with Crippen molar-refractivity contribution in [1.29, 1.82) is 0 Å². The number of carboxylic acids is 1. The van der Waals surface area contributed by atoms with Gasteiger partial charge in [-0.2, -0.15) is 0 Å².